The topological polar surface area (TPSA) is 24.8 Å². The molecule has 1 fully saturated rings. The number of nitrogens with zero attached hydrogens (tertiary/aromatic N) is 2. The van der Waals surface area contributed by atoms with Crippen molar-refractivity contribution in [3.63, 3.8) is 0 Å². The molecule has 0 aromatic rings. The average Bonchev–Trinajstić information content (AvgIpc) is 2.72. The summed E-state index contributed by atoms with van der Waals surface area (Å²) in [6.07, 6.45) is 2.14. The van der Waals surface area contributed by atoms with E-state index < -0.39 is 0 Å². The average molecular weight is 224 g/mol. The smallest absolute Gasteiger partial charge is 0.157 e. The summed E-state index contributed by atoms with van der Waals surface area (Å²) < 4.78 is 0. The summed E-state index contributed by atoms with van der Waals surface area (Å²) in [6, 6.07) is 1.23. The highest BCUT2D eigenvalue weighted by atomic mass is 16.7. The standard InChI is InChI=1S/C13H24N2O/c1-9(2)12-7-13(6-11(5)14-16-13)8-15(12)10(3)4/h9-10,12H,6-8H2,1-5H3. The third-order valence-electron chi connectivity index (χ3n) is 3.88. The molecular weight excluding hydrogens is 200 g/mol. The van der Waals surface area contributed by atoms with Gasteiger partial charge in [-0.3, -0.25) is 4.90 Å². The van der Waals surface area contributed by atoms with E-state index in [1.165, 1.54) is 0 Å². The number of hydrogen-bond donors (Lipinski definition) is 0. The normalized spacial score (nSPS) is 35.2. The van der Waals surface area contributed by atoms with Gasteiger partial charge in [-0.15, -0.1) is 0 Å². The molecule has 3 nitrogen and oxygen atoms in total. The van der Waals surface area contributed by atoms with Gasteiger partial charge in [0.15, 0.2) is 5.60 Å². The Labute approximate surface area is 98.8 Å². The Morgan fingerprint density at radius 2 is 2.06 bits per heavy atom. The van der Waals surface area contributed by atoms with Gasteiger partial charge < -0.3 is 4.84 Å². The molecule has 0 aromatic carbocycles. The molecule has 2 aliphatic rings. The lowest BCUT2D eigenvalue weighted by molar-refractivity contribution is -0.0120. The molecule has 0 aliphatic carbocycles. The van der Waals surface area contributed by atoms with Gasteiger partial charge in [0.25, 0.3) is 0 Å². The minimum absolute atomic E-state index is 0.0106. The van der Waals surface area contributed by atoms with Gasteiger partial charge in [-0.2, -0.15) is 0 Å². The molecule has 16 heavy (non-hydrogen) atoms. The van der Waals surface area contributed by atoms with Crippen molar-refractivity contribution in [1.82, 2.24) is 4.90 Å². The van der Waals surface area contributed by atoms with Gasteiger partial charge in [0.2, 0.25) is 0 Å². The lowest BCUT2D eigenvalue weighted by Crippen LogP contribution is -2.40. The van der Waals surface area contributed by atoms with Gasteiger partial charge in [-0.1, -0.05) is 19.0 Å². The van der Waals surface area contributed by atoms with Gasteiger partial charge in [0.1, 0.15) is 0 Å². The second-order valence-corrected chi connectivity index (χ2v) is 6.06. The van der Waals surface area contributed by atoms with Crippen molar-refractivity contribution >= 4 is 5.71 Å². The summed E-state index contributed by atoms with van der Waals surface area (Å²) in [4.78, 5) is 8.30. The maximum atomic E-state index is 5.72. The summed E-state index contributed by atoms with van der Waals surface area (Å²) in [6.45, 7) is 12.3. The molecule has 0 saturated carbocycles. The van der Waals surface area contributed by atoms with Gasteiger partial charge in [0, 0.05) is 31.5 Å². The van der Waals surface area contributed by atoms with Crippen molar-refractivity contribution in [3.8, 4) is 0 Å². The van der Waals surface area contributed by atoms with Crippen molar-refractivity contribution < 1.29 is 4.84 Å². The lowest BCUT2D eigenvalue weighted by atomic mass is 9.91. The second kappa shape index (κ2) is 4.02. The first kappa shape index (κ1) is 11.9. The first-order chi connectivity index (χ1) is 7.43. The highest BCUT2D eigenvalue weighted by Crippen LogP contribution is 2.40. The molecule has 3 heteroatoms. The predicted octanol–water partition coefficient (Wildman–Crippen LogP) is 2.66. The third kappa shape index (κ3) is 1.97. The van der Waals surface area contributed by atoms with Crippen molar-refractivity contribution in [1.29, 1.82) is 0 Å². The molecule has 2 unspecified atom stereocenters. The van der Waals surface area contributed by atoms with Crippen LogP contribution in [0.25, 0.3) is 0 Å². The number of likely N-dealkylation sites (tertiary alicyclic amines) is 1. The van der Waals surface area contributed by atoms with E-state index in [2.05, 4.69) is 44.7 Å². The molecule has 2 heterocycles. The fraction of sp³-hybridized carbons (Fsp3) is 0.923. The van der Waals surface area contributed by atoms with Gasteiger partial charge in [-0.05, 0) is 26.7 Å². The summed E-state index contributed by atoms with van der Waals surface area (Å²) in [5, 5.41) is 4.15. The maximum Gasteiger partial charge on any atom is 0.157 e. The van der Waals surface area contributed by atoms with Crippen LogP contribution in [0.2, 0.25) is 0 Å². The highest BCUT2D eigenvalue weighted by molar-refractivity contribution is 5.83. The molecule has 2 rings (SSSR count). The van der Waals surface area contributed by atoms with Crippen LogP contribution in [-0.2, 0) is 4.84 Å². The van der Waals surface area contributed by atoms with Crippen LogP contribution < -0.4 is 0 Å². The first-order valence-electron chi connectivity index (χ1n) is 6.41. The third-order valence-corrected chi connectivity index (χ3v) is 3.88. The Balaban J connectivity index is 2.12. The molecule has 0 bridgehead atoms. The quantitative estimate of drug-likeness (QED) is 0.720. The molecule has 0 radical (unpaired) electrons. The van der Waals surface area contributed by atoms with E-state index in [9.17, 15) is 0 Å². The largest absolute Gasteiger partial charge is 0.387 e. The zero-order chi connectivity index (χ0) is 11.9. The number of oxime groups is 1. The Morgan fingerprint density at radius 3 is 2.44 bits per heavy atom. The summed E-state index contributed by atoms with van der Waals surface area (Å²) in [5.41, 5.74) is 1.14. The lowest BCUT2D eigenvalue weighted by Gasteiger charge is -2.30. The predicted molar refractivity (Wildman–Crippen MR) is 66.6 cm³/mol. The first-order valence-corrected chi connectivity index (χ1v) is 6.41. The van der Waals surface area contributed by atoms with E-state index in [0.717, 1.165) is 25.1 Å². The van der Waals surface area contributed by atoms with E-state index in [1.807, 2.05) is 0 Å². The molecule has 2 atom stereocenters. The molecule has 0 aromatic heterocycles. The van der Waals surface area contributed by atoms with Crippen molar-refractivity contribution in [2.45, 2.75) is 65.1 Å². The molecular formula is C13H24N2O. The molecule has 1 spiro atoms. The SMILES string of the molecule is CC1=NOC2(C1)CC(C(C)C)N(C(C)C)C2. The molecule has 2 aliphatic heterocycles. The molecule has 0 N–H and O–H groups in total. The van der Waals surface area contributed by atoms with Crippen LogP contribution in [0.15, 0.2) is 5.16 Å². The zero-order valence-corrected chi connectivity index (χ0v) is 11.2. The van der Waals surface area contributed by atoms with Crippen molar-refractivity contribution in [2.75, 3.05) is 6.54 Å². The van der Waals surface area contributed by atoms with E-state index in [1.54, 1.807) is 0 Å². The second-order valence-electron chi connectivity index (χ2n) is 6.06. The van der Waals surface area contributed by atoms with Crippen LogP contribution in [0.4, 0.5) is 0 Å². The van der Waals surface area contributed by atoms with Gasteiger partial charge in [0.05, 0.1) is 5.71 Å². The summed E-state index contributed by atoms with van der Waals surface area (Å²) in [7, 11) is 0. The van der Waals surface area contributed by atoms with E-state index in [4.69, 9.17) is 4.84 Å². The van der Waals surface area contributed by atoms with Crippen LogP contribution in [0.5, 0.6) is 0 Å². The maximum absolute atomic E-state index is 5.72. The fourth-order valence-electron chi connectivity index (χ4n) is 3.10. The van der Waals surface area contributed by atoms with Crippen LogP contribution in [0, 0.1) is 5.92 Å². The van der Waals surface area contributed by atoms with Crippen LogP contribution in [0.3, 0.4) is 0 Å². The Bertz CT molecular complexity index is 280. The van der Waals surface area contributed by atoms with Crippen LogP contribution in [-0.4, -0.2) is 34.8 Å². The molecule has 92 valence electrons. The number of rotatable bonds is 2. The minimum atomic E-state index is -0.0106. The monoisotopic (exact) mass is 224 g/mol. The highest BCUT2D eigenvalue weighted by Gasteiger charge is 2.50. The fourth-order valence-corrected chi connectivity index (χ4v) is 3.10. The van der Waals surface area contributed by atoms with Gasteiger partial charge in [-0.25, -0.2) is 0 Å². The number of hydrogen-bond acceptors (Lipinski definition) is 3. The summed E-state index contributed by atoms with van der Waals surface area (Å²) >= 11 is 0. The van der Waals surface area contributed by atoms with Crippen molar-refractivity contribution in [3.05, 3.63) is 0 Å². The minimum Gasteiger partial charge on any atom is -0.387 e. The molecule has 0 amide bonds. The van der Waals surface area contributed by atoms with E-state index >= 15 is 0 Å². The van der Waals surface area contributed by atoms with E-state index in [-0.39, 0.29) is 5.60 Å². The molecule has 1 saturated heterocycles. The van der Waals surface area contributed by atoms with Crippen LogP contribution >= 0.6 is 0 Å². The zero-order valence-electron chi connectivity index (χ0n) is 11.2. The van der Waals surface area contributed by atoms with E-state index in [0.29, 0.717) is 18.0 Å². The van der Waals surface area contributed by atoms with Crippen molar-refractivity contribution in [2.24, 2.45) is 11.1 Å². The van der Waals surface area contributed by atoms with Gasteiger partial charge >= 0.3 is 0 Å². The Hall–Kier alpha value is -0.570. The Morgan fingerprint density at radius 1 is 1.38 bits per heavy atom. The van der Waals surface area contributed by atoms with Crippen LogP contribution in [0.1, 0.15) is 47.5 Å². The Kier molecular flexibility index (Phi) is 2.99. The summed E-state index contributed by atoms with van der Waals surface area (Å²) in [5.74, 6) is 0.686.